The van der Waals surface area contributed by atoms with Crippen LogP contribution in [0, 0.1) is 0 Å². The van der Waals surface area contributed by atoms with E-state index in [2.05, 4.69) is 35.3 Å². The Bertz CT molecular complexity index is 1050. The highest BCUT2D eigenvalue weighted by molar-refractivity contribution is 7.98. The minimum Gasteiger partial charge on any atom is -0.495 e. The molecule has 4 rings (SSSR count). The fourth-order valence-corrected chi connectivity index (χ4v) is 3.01. The van der Waals surface area contributed by atoms with Gasteiger partial charge in [-0.25, -0.2) is 9.50 Å². The monoisotopic (exact) mass is 381 g/mol. The normalized spacial score (nSPS) is 10.9. The molecule has 0 saturated carbocycles. The number of hydrogen-bond acceptors (Lipinski definition) is 10. The summed E-state index contributed by atoms with van der Waals surface area (Å²) in [5, 5.41) is 8.01. The first-order chi connectivity index (χ1) is 13.2. The summed E-state index contributed by atoms with van der Waals surface area (Å²) in [6.45, 7) is 0. The number of nitrogens with one attached hydrogen (secondary N) is 1. The Hall–Kier alpha value is -3.47. The Kier molecular flexibility index (Phi) is 4.66. The molecule has 0 bridgehead atoms. The number of thioether (sulfide) groups is 1. The van der Waals surface area contributed by atoms with Crippen molar-refractivity contribution < 1.29 is 4.74 Å². The van der Waals surface area contributed by atoms with Crippen LogP contribution >= 0.6 is 11.8 Å². The molecule has 27 heavy (non-hydrogen) atoms. The molecule has 0 aliphatic carbocycles. The molecule has 11 heteroatoms. The van der Waals surface area contributed by atoms with Gasteiger partial charge in [0.05, 0.1) is 18.6 Å². The molecular weight excluding hydrogens is 366 g/mol. The maximum absolute atomic E-state index is 5.83. The number of nitrogens with two attached hydrogens (primary N) is 1. The second-order valence-electron chi connectivity index (χ2n) is 5.31. The predicted octanol–water partition coefficient (Wildman–Crippen LogP) is 1.94. The number of nitrogen functional groups attached to an aromatic ring is 1. The van der Waals surface area contributed by atoms with Crippen molar-refractivity contribution >= 4 is 35.1 Å². The van der Waals surface area contributed by atoms with Crippen LogP contribution in [0.4, 0.5) is 17.6 Å². The molecule has 1 aromatic carbocycles. The molecular formula is C16H15N9OS. The molecule has 0 saturated heterocycles. The third-order valence-electron chi connectivity index (χ3n) is 3.48. The zero-order valence-electron chi connectivity index (χ0n) is 14.3. The first-order valence-electron chi connectivity index (χ1n) is 7.92. The number of nitrogens with zero attached hydrogens (tertiary/aromatic N) is 7. The van der Waals surface area contributed by atoms with Crippen LogP contribution in [-0.2, 0) is 5.75 Å². The van der Waals surface area contributed by atoms with Crippen LogP contribution in [0.2, 0.25) is 0 Å². The summed E-state index contributed by atoms with van der Waals surface area (Å²) in [6.07, 6.45) is 3.45. The number of benzene rings is 1. The Morgan fingerprint density at radius 2 is 2.04 bits per heavy atom. The van der Waals surface area contributed by atoms with Crippen LogP contribution in [0.5, 0.6) is 5.75 Å². The topological polar surface area (TPSA) is 129 Å². The average molecular weight is 381 g/mol. The average Bonchev–Trinajstić information content (AvgIpc) is 3.09. The van der Waals surface area contributed by atoms with Gasteiger partial charge >= 0.3 is 0 Å². The standard InChI is InChI=1S/C16H15N9OS/c1-26-11-6-3-2-5-10(11)19-14-21-12(20-13(17)22-14)9-27-16-23-15-18-7-4-8-25(15)24-16/h2-8H,9H2,1H3,(H3,17,19,20,21,22). The predicted molar refractivity (Wildman–Crippen MR) is 101 cm³/mol. The molecule has 10 nitrogen and oxygen atoms in total. The van der Waals surface area contributed by atoms with Gasteiger partial charge in [0.15, 0.2) is 0 Å². The second kappa shape index (κ2) is 7.41. The molecule has 0 amide bonds. The van der Waals surface area contributed by atoms with Gasteiger partial charge in [-0.1, -0.05) is 23.9 Å². The summed E-state index contributed by atoms with van der Waals surface area (Å²) >= 11 is 1.39. The molecule has 4 aromatic rings. The lowest BCUT2D eigenvalue weighted by Crippen LogP contribution is -2.07. The smallest absolute Gasteiger partial charge is 0.253 e. The molecule has 3 aromatic heterocycles. The van der Waals surface area contributed by atoms with Gasteiger partial charge in [-0.05, 0) is 18.2 Å². The quantitative estimate of drug-likeness (QED) is 0.478. The van der Waals surface area contributed by atoms with Crippen LogP contribution in [0.3, 0.4) is 0 Å². The van der Waals surface area contributed by atoms with Crippen molar-refractivity contribution in [2.45, 2.75) is 10.9 Å². The van der Waals surface area contributed by atoms with E-state index in [1.54, 1.807) is 30.1 Å². The summed E-state index contributed by atoms with van der Waals surface area (Å²) < 4.78 is 6.93. The van der Waals surface area contributed by atoms with Gasteiger partial charge in [-0.2, -0.15) is 19.9 Å². The molecule has 0 aliphatic heterocycles. The summed E-state index contributed by atoms with van der Waals surface area (Å²) in [5.74, 6) is 2.62. The van der Waals surface area contributed by atoms with Crippen molar-refractivity contribution in [1.29, 1.82) is 0 Å². The van der Waals surface area contributed by atoms with Crippen molar-refractivity contribution in [2.75, 3.05) is 18.2 Å². The number of hydrogen-bond donors (Lipinski definition) is 2. The summed E-state index contributed by atoms with van der Waals surface area (Å²) in [6, 6.07) is 9.26. The van der Waals surface area contributed by atoms with Crippen molar-refractivity contribution in [3.05, 3.63) is 48.5 Å². The summed E-state index contributed by atoms with van der Waals surface area (Å²) in [4.78, 5) is 21.2. The van der Waals surface area contributed by atoms with E-state index in [0.29, 0.717) is 34.2 Å². The third-order valence-corrected chi connectivity index (χ3v) is 4.31. The summed E-state index contributed by atoms with van der Waals surface area (Å²) in [7, 11) is 1.60. The zero-order valence-corrected chi connectivity index (χ0v) is 15.1. The number of aromatic nitrogens is 7. The summed E-state index contributed by atoms with van der Waals surface area (Å²) in [5.41, 5.74) is 6.56. The van der Waals surface area contributed by atoms with Crippen LogP contribution in [-0.4, -0.2) is 41.6 Å². The fourth-order valence-electron chi connectivity index (χ4n) is 2.33. The maximum atomic E-state index is 5.83. The Morgan fingerprint density at radius 1 is 1.15 bits per heavy atom. The van der Waals surface area contributed by atoms with Crippen molar-refractivity contribution in [1.82, 2.24) is 34.5 Å². The number of methoxy groups -OCH3 is 1. The van der Waals surface area contributed by atoms with Gasteiger partial charge in [0.2, 0.25) is 17.1 Å². The number of rotatable bonds is 6. The van der Waals surface area contributed by atoms with E-state index in [1.807, 2.05) is 24.3 Å². The molecule has 0 aliphatic rings. The molecule has 3 N–H and O–H groups in total. The second-order valence-corrected chi connectivity index (χ2v) is 6.25. The van der Waals surface area contributed by atoms with Crippen molar-refractivity contribution in [3.8, 4) is 5.75 Å². The van der Waals surface area contributed by atoms with Gasteiger partial charge in [-0.15, -0.1) is 5.10 Å². The first kappa shape index (κ1) is 17.0. The molecule has 0 unspecified atom stereocenters. The molecule has 0 spiro atoms. The minimum absolute atomic E-state index is 0.127. The van der Waals surface area contributed by atoms with E-state index in [-0.39, 0.29) is 5.95 Å². The lowest BCUT2D eigenvalue weighted by molar-refractivity contribution is 0.417. The molecule has 0 radical (unpaired) electrons. The van der Waals surface area contributed by atoms with E-state index < -0.39 is 0 Å². The Morgan fingerprint density at radius 3 is 2.89 bits per heavy atom. The molecule has 136 valence electrons. The minimum atomic E-state index is 0.127. The van der Waals surface area contributed by atoms with E-state index in [0.717, 1.165) is 5.69 Å². The first-order valence-corrected chi connectivity index (χ1v) is 8.90. The van der Waals surface area contributed by atoms with Gasteiger partial charge in [0.1, 0.15) is 11.6 Å². The fraction of sp³-hybridized carbons (Fsp3) is 0.125. The number of fused-ring (bicyclic) bond motifs is 1. The van der Waals surface area contributed by atoms with Gasteiger partial charge in [-0.3, -0.25) is 0 Å². The van der Waals surface area contributed by atoms with E-state index in [9.17, 15) is 0 Å². The largest absolute Gasteiger partial charge is 0.495 e. The highest BCUT2D eigenvalue weighted by Crippen LogP contribution is 2.26. The third kappa shape index (κ3) is 3.87. The number of para-hydroxylation sites is 2. The van der Waals surface area contributed by atoms with Crippen molar-refractivity contribution in [3.63, 3.8) is 0 Å². The Balaban J connectivity index is 1.51. The number of anilines is 3. The van der Waals surface area contributed by atoms with E-state index >= 15 is 0 Å². The lowest BCUT2D eigenvalue weighted by Gasteiger charge is -2.10. The van der Waals surface area contributed by atoms with E-state index in [1.165, 1.54) is 11.8 Å². The molecule has 3 heterocycles. The highest BCUT2D eigenvalue weighted by atomic mass is 32.2. The SMILES string of the molecule is COc1ccccc1Nc1nc(N)nc(CSc2nc3ncccn3n2)n1. The zero-order chi connectivity index (χ0) is 18.6. The highest BCUT2D eigenvalue weighted by Gasteiger charge is 2.10. The molecule has 0 atom stereocenters. The molecule has 0 fully saturated rings. The maximum Gasteiger partial charge on any atom is 0.253 e. The van der Waals surface area contributed by atoms with Gasteiger partial charge in [0, 0.05) is 12.4 Å². The van der Waals surface area contributed by atoms with Crippen LogP contribution in [0.1, 0.15) is 5.82 Å². The number of ether oxygens (including phenoxy) is 1. The van der Waals surface area contributed by atoms with Crippen LogP contribution < -0.4 is 15.8 Å². The van der Waals surface area contributed by atoms with Crippen molar-refractivity contribution in [2.24, 2.45) is 0 Å². The Labute approximate surface area is 158 Å². The lowest BCUT2D eigenvalue weighted by atomic mass is 10.3. The van der Waals surface area contributed by atoms with Gasteiger partial charge in [0.25, 0.3) is 5.78 Å². The van der Waals surface area contributed by atoms with E-state index in [4.69, 9.17) is 10.5 Å². The van der Waals surface area contributed by atoms with Gasteiger partial charge < -0.3 is 15.8 Å². The van der Waals surface area contributed by atoms with Crippen LogP contribution in [0.15, 0.2) is 47.9 Å². The van der Waals surface area contributed by atoms with Crippen LogP contribution in [0.25, 0.3) is 5.78 Å².